The van der Waals surface area contributed by atoms with Gasteiger partial charge in [0, 0.05) is 22.8 Å². The van der Waals surface area contributed by atoms with Crippen LogP contribution in [0.1, 0.15) is 42.1 Å². The summed E-state index contributed by atoms with van der Waals surface area (Å²) >= 11 is 3.65. The van der Waals surface area contributed by atoms with Crippen LogP contribution in [0, 0.1) is 0 Å². The molecule has 5 heteroatoms. The molecule has 0 aromatic carbocycles. The van der Waals surface area contributed by atoms with Crippen molar-refractivity contribution in [2.45, 2.75) is 32.4 Å². The van der Waals surface area contributed by atoms with Gasteiger partial charge in [-0.15, -0.1) is 22.7 Å². The molecule has 2 aromatic rings. The zero-order valence-electron chi connectivity index (χ0n) is 11.5. The first-order valence-corrected chi connectivity index (χ1v) is 8.42. The number of nitrogens with one attached hydrogen (secondary N) is 1. The van der Waals surface area contributed by atoms with Gasteiger partial charge < -0.3 is 10.2 Å². The molecule has 0 saturated heterocycles. The van der Waals surface area contributed by atoms with E-state index in [-0.39, 0.29) is 0 Å². The van der Waals surface area contributed by atoms with Gasteiger partial charge in [-0.1, -0.05) is 0 Å². The number of anilines is 1. The Labute approximate surface area is 122 Å². The Kier molecular flexibility index (Phi) is 3.60. The number of fused-ring (bicyclic) bond motifs is 1. The Morgan fingerprint density at radius 3 is 3.11 bits per heavy atom. The summed E-state index contributed by atoms with van der Waals surface area (Å²) in [6.45, 7) is 5.51. The van der Waals surface area contributed by atoms with Gasteiger partial charge >= 0.3 is 0 Å². The molecule has 0 amide bonds. The van der Waals surface area contributed by atoms with Gasteiger partial charge in [0.1, 0.15) is 0 Å². The van der Waals surface area contributed by atoms with E-state index in [4.69, 9.17) is 4.98 Å². The highest BCUT2D eigenvalue weighted by Gasteiger charge is 2.26. The van der Waals surface area contributed by atoms with Crippen LogP contribution < -0.4 is 10.2 Å². The fourth-order valence-corrected chi connectivity index (χ4v) is 4.51. The fourth-order valence-electron chi connectivity index (χ4n) is 2.53. The van der Waals surface area contributed by atoms with Gasteiger partial charge in [-0.2, -0.15) is 0 Å². The summed E-state index contributed by atoms with van der Waals surface area (Å²) in [6.07, 6.45) is 1.15. The standard InChI is InChI=1S/C14H19N3S2/c1-9(15-3)12-8-19-14(16-12)17-6-4-13-11(10(17)2)5-7-18-13/h5,7-10,15H,4,6H2,1-3H3. The lowest BCUT2D eigenvalue weighted by Crippen LogP contribution is -2.33. The minimum atomic E-state index is 0.321. The predicted molar refractivity (Wildman–Crippen MR) is 83.4 cm³/mol. The zero-order chi connectivity index (χ0) is 13.4. The molecule has 1 aliphatic heterocycles. The molecule has 1 N–H and O–H groups in total. The van der Waals surface area contributed by atoms with Gasteiger partial charge in [-0.05, 0) is 44.3 Å². The molecule has 19 heavy (non-hydrogen) atoms. The van der Waals surface area contributed by atoms with Crippen LogP contribution in [0.2, 0.25) is 0 Å². The SMILES string of the molecule is CNC(C)c1csc(N2CCc3sccc3C2C)n1. The first-order valence-electron chi connectivity index (χ1n) is 6.66. The molecule has 102 valence electrons. The monoisotopic (exact) mass is 293 g/mol. The van der Waals surface area contributed by atoms with Crippen LogP contribution in [0.4, 0.5) is 5.13 Å². The number of rotatable bonds is 3. The molecule has 2 aromatic heterocycles. The van der Waals surface area contributed by atoms with Gasteiger partial charge in [0.15, 0.2) is 5.13 Å². The molecule has 2 atom stereocenters. The topological polar surface area (TPSA) is 28.2 Å². The van der Waals surface area contributed by atoms with E-state index < -0.39 is 0 Å². The Bertz CT molecular complexity index is 561. The van der Waals surface area contributed by atoms with Gasteiger partial charge in [0.2, 0.25) is 0 Å². The van der Waals surface area contributed by atoms with Crippen LogP contribution in [-0.2, 0) is 6.42 Å². The predicted octanol–water partition coefficient (Wildman–Crippen LogP) is 3.61. The van der Waals surface area contributed by atoms with Crippen LogP contribution >= 0.6 is 22.7 Å². The maximum absolute atomic E-state index is 4.80. The van der Waals surface area contributed by atoms with Crippen molar-refractivity contribution in [3.63, 3.8) is 0 Å². The Morgan fingerprint density at radius 2 is 2.32 bits per heavy atom. The molecular formula is C14H19N3S2. The molecule has 0 saturated carbocycles. The van der Waals surface area contributed by atoms with E-state index in [0.717, 1.165) is 23.8 Å². The number of thiazole rings is 1. The minimum Gasteiger partial charge on any atom is -0.341 e. The Hall–Kier alpha value is -0.910. The van der Waals surface area contributed by atoms with Crippen LogP contribution in [0.25, 0.3) is 0 Å². The quantitative estimate of drug-likeness (QED) is 0.937. The van der Waals surface area contributed by atoms with Crippen molar-refractivity contribution in [2.75, 3.05) is 18.5 Å². The lowest BCUT2D eigenvalue weighted by molar-refractivity contribution is 0.616. The van der Waals surface area contributed by atoms with Crippen molar-refractivity contribution in [1.82, 2.24) is 10.3 Å². The molecule has 3 nitrogen and oxygen atoms in total. The normalized spacial score (nSPS) is 20.4. The van der Waals surface area contributed by atoms with E-state index in [1.165, 1.54) is 5.56 Å². The zero-order valence-corrected chi connectivity index (χ0v) is 13.1. The maximum Gasteiger partial charge on any atom is 0.186 e. The third-order valence-corrected chi connectivity index (χ3v) is 5.80. The second kappa shape index (κ2) is 5.23. The summed E-state index contributed by atoms with van der Waals surface area (Å²) in [5.74, 6) is 0. The third kappa shape index (κ3) is 2.30. The second-order valence-corrected chi connectivity index (χ2v) is 6.82. The lowest BCUT2D eigenvalue weighted by Gasteiger charge is -2.33. The van der Waals surface area contributed by atoms with Crippen LogP contribution in [-0.4, -0.2) is 18.6 Å². The molecule has 2 unspecified atom stereocenters. The number of hydrogen-bond acceptors (Lipinski definition) is 5. The van der Waals surface area contributed by atoms with Gasteiger partial charge in [0.25, 0.3) is 0 Å². The van der Waals surface area contributed by atoms with Crippen LogP contribution in [0.15, 0.2) is 16.8 Å². The average molecular weight is 293 g/mol. The number of hydrogen-bond donors (Lipinski definition) is 1. The molecule has 0 bridgehead atoms. The molecule has 0 aliphatic carbocycles. The fraction of sp³-hybridized carbons (Fsp3) is 0.500. The van der Waals surface area contributed by atoms with E-state index in [1.807, 2.05) is 18.4 Å². The second-order valence-electron chi connectivity index (χ2n) is 4.98. The number of nitrogens with zero attached hydrogens (tertiary/aromatic N) is 2. The highest BCUT2D eigenvalue weighted by atomic mass is 32.1. The van der Waals surface area contributed by atoms with Gasteiger partial charge in [-0.3, -0.25) is 0 Å². The summed E-state index contributed by atoms with van der Waals surface area (Å²) in [5.41, 5.74) is 2.63. The molecule has 1 aliphatic rings. The van der Waals surface area contributed by atoms with Crippen molar-refractivity contribution in [3.05, 3.63) is 33.0 Å². The van der Waals surface area contributed by atoms with Crippen molar-refractivity contribution in [3.8, 4) is 0 Å². The third-order valence-electron chi connectivity index (χ3n) is 3.91. The van der Waals surface area contributed by atoms with E-state index in [1.54, 1.807) is 16.2 Å². The summed E-state index contributed by atoms with van der Waals surface area (Å²) in [5, 5.41) is 8.78. The number of thiophene rings is 1. The lowest BCUT2D eigenvalue weighted by atomic mass is 10.0. The summed E-state index contributed by atoms with van der Waals surface area (Å²) < 4.78 is 0. The Morgan fingerprint density at radius 1 is 1.47 bits per heavy atom. The van der Waals surface area contributed by atoms with Crippen LogP contribution in [0.5, 0.6) is 0 Å². The molecule has 0 radical (unpaired) electrons. The number of aromatic nitrogens is 1. The molecule has 3 rings (SSSR count). The first-order chi connectivity index (χ1) is 9.20. The van der Waals surface area contributed by atoms with Crippen molar-refractivity contribution < 1.29 is 0 Å². The van der Waals surface area contributed by atoms with E-state index in [2.05, 4.69) is 40.9 Å². The van der Waals surface area contributed by atoms with Gasteiger partial charge in [-0.25, -0.2) is 4.98 Å². The van der Waals surface area contributed by atoms with E-state index in [0.29, 0.717) is 12.1 Å². The minimum absolute atomic E-state index is 0.321. The molecule has 3 heterocycles. The summed E-state index contributed by atoms with van der Waals surface area (Å²) in [7, 11) is 1.98. The largest absolute Gasteiger partial charge is 0.341 e. The summed E-state index contributed by atoms with van der Waals surface area (Å²) in [4.78, 5) is 8.78. The van der Waals surface area contributed by atoms with Gasteiger partial charge in [0.05, 0.1) is 11.7 Å². The van der Waals surface area contributed by atoms with Crippen molar-refractivity contribution in [1.29, 1.82) is 0 Å². The molecular weight excluding hydrogens is 274 g/mol. The van der Waals surface area contributed by atoms with E-state index >= 15 is 0 Å². The maximum atomic E-state index is 4.80. The molecule has 0 spiro atoms. The first kappa shape index (κ1) is 13.1. The average Bonchev–Trinajstić information content (AvgIpc) is 3.07. The van der Waals surface area contributed by atoms with Crippen LogP contribution in [0.3, 0.4) is 0 Å². The Balaban J connectivity index is 1.85. The highest BCUT2D eigenvalue weighted by Crippen LogP contribution is 2.37. The van der Waals surface area contributed by atoms with E-state index in [9.17, 15) is 0 Å². The van der Waals surface area contributed by atoms with Crippen molar-refractivity contribution in [2.24, 2.45) is 0 Å². The summed E-state index contributed by atoms with van der Waals surface area (Å²) in [6, 6.07) is 3.03. The van der Waals surface area contributed by atoms with Crippen molar-refractivity contribution >= 4 is 27.8 Å². The molecule has 0 fully saturated rings. The smallest absolute Gasteiger partial charge is 0.186 e. The highest BCUT2D eigenvalue weighted by molar-refractivity contribution is 7.13.